The first kappa shape index (κ1) is 10.3. The minimum absolute atomic E-state index is 0.135. The van der Waals surface area contributed by atoms with Gasteiger partial charge in [0.25, 0.3) is 0 Å². The molecule has 0 bridgehead atoms. The third kappa shape index (κ3) is 2.05. The van der Waals surface area contributed by atoms with Crippen molar-refractivity contribution in [1.82, 2.24) is 15.0 Å². The molecule has 0 aliphatic heterocycles. The lowest BCUT2D eigenvalue weighted by atomic mass is 10.4. The average Bonchev–Trinajstić information content (AvgIpc) is 2.80. The van der Waals surface area contributed by atoms with Gasteiger partial charge in [0.05, 0.1) is 6.61 Å². The first-order valence-electron chi connectivity index (χ1n) is 4.70. The van der Waals surface area contributed by atoms with Gasteiger partial charge in [-0.25, -0.2) is 19.7 Å². The minimum Gasteiger partial charge on any atom is -0.461 e. The van der Waals surface area contributed by atoms with Crippen LogP contribution in [0, 0.1) is 0 Å². The lowest BCUT2D eigenvalue weighted by molar-refractivity contribution is 0.0519. The first-order chi connectivity index (χ1) is 7.81. The molecule has 0 spiro atoms. The monoisotopic (exact) mass is 219 g/mol. The summed E-state index contributed by atoms with van der Waals surface area (Å²) in [6.45, 7) is 2.03. The van der Waals surface area contributed by atoms with E-state index < -0.39 is 5.97 Å². The van der Waals surface area contributed by atoms with Gasteiger partial charge in [-0.05, 0) is 13.0 Å². The summed E-state index contributed by atoms with van der Waals surface area (Å²) in [7, 11) is 0. The Balaban J connectivity index is 2.23. The maximum absolute atomic E-state index is 11.3. The van der Waals surface area contributed by atoms with E-state index in [1.54, 1.807) is 19.2 Å². The van der Waals surface area contributed by atoms with E-state index in [0.29, 0.717) is 12.3 Å². The summed E-state index contributed by atoms with van der Waals surface area (Å²) in [4.78, 5) is 23.0. The van der Waals surface area contributed by atoms with E-state index in [2.05, 4.69) is 15.0 Å². The summed E-state index contributed by atoms with van der Waals surface area (Å²) in [6, 6.07) is 1.64. The maximum atomic E-state index is 11.3. The van der Waals surface area contributed by atoms with E-state index in [-0.39, 0.29) is 11.6 Å². The fourth-order valence-electron chi connectivity index (χ4n) is 1.11. The molecule has 0 N–H and O–H groups in total. The lowest BCUT2D eigenvalue weighted by Gasteiger charge is -1.95. The van der Waals surface area contributed by atoms with E-state index in [1.807, 2.05) is 0 Å². The highest BCUT2D eigenvalue weighted by Gasteiger charge is 2.14. The van der Waals surface area contributed by atoms with Crippen molar-refractivity contribution >= 4 is 5.97 Å². The van der Waals surface area contributed by atoms with E-state index in [0.717, 1.165) is 0 Å². The zero-order chi connectivity index (χ0) is 11.4. The van der Waals surface area contributed by atoms with Crippen LogP contribution in [0.4, 0.5) is 0 Å². The molecule has 2 rings (SSSR count). The Hall–Kier alpha value is -2.24. The number of carbonyl (C=O) groups excluding carboxylic acids is 1. The van der Waals surface area contributed by atoms with Crippen LogP contribution in [0.1, 0.15) is 17.4 Å². The molecule has 0 atom stereocenters. The first-order valence-corrected chi connectivity index (χ1v) is 4.70. The van der Waals surface area contributed by atoms with Gasteiger partial charge in [0.2, 0.25) is 5.89 Å². The molecular formula is C10H9N3O3. The number of oxazole rings is 1. The standard InChI is InChI=1S/C10H9N3O3/c1-2-15-10(14)8-5-16-9(13-8)7-3-4-11-6-12-7/h3-6H,2H2,1H3. The zero-order valence-electron chi connectivity index (χ0n) is 8.58. The molecule has 2 aromatic rings. The molecule has 0 aromatic carbocycles. The van der Waals surface area contributed by atoms with Crippen LogP contribution in [-0.2, 0) is 4.74 Å². The molecule has 0 fully saturated rings. The molecular weight excluding hydrogens is 210 g/mol. The number of hydrogen-bond acceptors (Lipinski definition) is 6. The molecule has 0 amide bonds. The number of carbonyl (C=O) groups is 1. The number of hydrogen-bond donors (Lipinski definition) is 0. The summed E-state index contributed by atoms with van der Waals surface area (Å²) in [5.41, 5.74) is 0.654. The summed E-state index contributed by atoms with van der Waals surface area (Å²) in [5, 5.41) is 0. The fourth-order valence-corrected chi connectivity index (χ4v) is 1.11. The summed E-state index contributed by atoms with van der Waals surface area (Å²) in [6.07, 6.45) is 4.19. The molecule has 82 valence electrons. The average molecular weight is 219 g/mol. The number of aromatic nitrogens is 3. The Morgan fingerprint density at radius 1 is 1.56 bits per heavy atom. The van der Waals surface area contributed by atoms with Gasteiger partial charge in [0, 0.05) is 6.20 Å². The van der Waals surface area contributed by atoms with Crippen molar-refractivity contribution < 1.29 is 13.9 Å². The molecule has 16 heavy (non-hydrogen) atoms. The SMILES string of the molecule is CCOC(=O)c1coc(-c2ccncn2)n1. The Morgan fingerprint density at radius 2 is 2.44 bits per heavy atom. The molecule has 0 radical (unpaired) electrons. The molecule has 0 aliphatic rings. The quantitative estimate of drug-likeness (QED) is 0.724. The van der Waals surface area contributed by atoms with Gasteiger partial charge in [-0.2, -0.15) is 0 Å². The Bertz CT molecular complexity index is 481. The molecule has 0 unspecified atom stereocenters. The van der Waals surface area contributed by atoms with Crippen molar-refractivity contribution in [3.8, 4) is 11.6 Å². The molecule has 2 aromatic heterocycles. The number of nitrogens with zero attached hydrogens (tertiary/aromatic N) is 3. The van der Waals surface area contributed by atoms with Crippen molar-refractivity contribution in [1.29, 1.82) is 0 Å². The molecule has 0 aliphatic carbocycles. The van der Waals surface area contributed by atoms with Crippen molar-refractivity contribution in [2.45, 2.75) is 6.92 Å². The van der Waals surface area contributed by atoms with Gasteiger partial charge in [0.1, 0.15) is 18.3 Å². The number of ether oxygens (including phenoxy) is 1. The summed E-state index contributed by atoms with van der Waals surface area (Å²) in [5.74, 6) is -0.239. The lowest BCUT2D eigenvalue weighted by Crippen LogP contribution is -2.04. The van der Waals surface area contributed by atoms with Crippen molar-refractivity contribution in [2.75, 3.05) is 6.61 Å². The highest BCUT2D eigenvalue weighted by atomic mass is 16.5. The van der Waals surface area contributed by atoms with Gasteiger partial charge in [-0.3, -0.25) is 0 Å². The Morgan fingerprint density at radius 3 is 3.12 bits per heavy atom. The van der Waals surface area contributed by atoms with Gasteiger partial charge in [0.15, 0.2) is 5.69 Å². The minimum atomic E-state index is -0.508. The second kappa shape index (κ2) is 4.52. The highest BCUT2D eigenvalue weighted by Crippen LogP contribution is 2.15. The zero-order valence-corrected chi connectivity index (χ0v) is 8.58. The fraction of sp³-hybridized carbons (Fsp3) is 0.200. The topological polar surface area (TPSA) is 78.1 Å². The largest absolute Gasteiger partial charge is 0.461 e. The van der Waals surface area contributed by atoms with Gasteiger partial charge >= 0.3 is 5.97 Å². The highest BCUT2D eigenvalue weighted by molar-refractivity contribution is 5.87. The molecule has 2 heterocycles. The van der Waals surface area contributed by atoms with Crippen molar-refractivity contribution in [2.24, 2.45) is 0 Å². The van der Waals surface area contributed by atoms with Gasteiger partial charge in [-0.1, -0.05) is 0 Å². The van der Waals surface area contributed by atoms with Crippen LogP contribution in [0.5, 0.6) is 0 Å². The van der Waals surface area contributed by atoms with E-state index in [9.17, 15) is 4.79 Å². The van der Waals surface area contributed by atoms with E-state index in [4.69, 9.17) is 9.15 Å². The second-order valence-electron chi connectivity index (χ2n) is 2.85. The van der Waals surface area contributed by atoms with E-state index >= 15 is 0 Å². The summed E-state index contributed by atoms with van der Waals surface area (Å²) >= 11 is 0. The van der Waals surface area contributed by atoms with Gasteiger partial charge in [-0.15, -0.1) is 0 Å². The van der Waals surface area contributed by atoms with E-state index in [1.165, 1.54) is 12.6 Å². The third-order valence-corrected chi connectivity index (χ3v) is 1.79. The van der Waals surface area contributed by atoms with Crippen LogP contribution in [0.25, 0.3) is 11.6 Å². The third-order valence-electron chi connectivity index (χ3n) is 1.79. The second-order valence-corrected chi connectivity index (χ2v) is 2.85. The van der Waals surface area contributed by atoms with Crippen molar-refractivity contribution in [3.63, 3.8) is 0 Å². The normalized spacial score (nSPS) is 10.1. The predicted molar refractivity (Wildman–Crippen MR) is 53.5 cm³/mol. The maximum Gasteiger partial charge on any atom is 0.360 e. The van der Waals surface area contributed by atoms with Crippen LogP contribution in [0.2, 0.25) is 0 Å². The molecule has 6 heteroatoms. The van der Waals surface area contributed by atoms with Crippen LogP contribution >= 0.6 is 0 Å². The van der Waals surface area contributed by atoms with Crippen LogP contribution in [0.15, 0.2) is 29.3 Å². The molecule has 0 saturated heterocycles. The predicted octanol–water partition coefficient (Wildman–Crippen LogP) is 1.31. The smallest absolute Gasteiger partial charge is 0.360 e. The Labute approximate surface area is 91.3 Å². The van der Waals surface area contributed by atoms with Crippen molar-refractivity contribution in [3.05, 3.63) is 30.5 Å². The summed E-state index contributed by atoms with van der Waals surface area (Å²) < 4.78 is 9.90. The van der Waals surface area contributed by atoms with Crippen LogP contribution in [-0.4, -0.2) is 27.5 Å². The number of rotatable bonds is 3. The molecule has 6 nitrogen and oxygen atoms in total. The number of esters is 1. The molecule has 0 saturated carbocycles. The van der Waals surface area contributed by atoms with Crippen LogP contribution < -0.4 is 0 Å². The van der Waals surface area contributed by atoms with Crippen LogP contribution in [0.3, 0.4) is 0 Å². The Kier molecular flexibility index (Phi) is 2.90. The van der Waals surface area contributed by atoms with Gasteiger partial charge < -0.3 is 9.15 Å².